The molecule has 41 heavy (non-hydrogen) atoms. The van der Waals surface area contributed by atoms with Crippen LogP contribution in [-0.4, -0.2) is 60.6 Å². The number of hydrogen-bond donors (Lipinski definition) is 2. The Labute approximate surface area is 247 Å². The van der Waals surface area contributed by atoms with Crippen LogP contribution in [0, 0.1) is 19.8 Å². The maximum absolute atomic E-state index is 14.4. The molecule has 0 aliphatic rings. The van der Waals surface area contributed by atoms with Gasteiger partial charge in [0.15, 0.2) is 0 Å². The third kappa shape index (κ3) is 12.5. The molecule has 0 radical (unpaired) electrons. The number of ether oxygens (including phenoxy) is 2. The van der Waals surface area contributed by atoms with E-state index in [0.717, 1.165) is 43.2 Å². The number of nitrogens with zero attached hydrogens (tertiary/aromatic N) is 1. The molecule has 0 bridgehead atoms. The molecule has 0 fully saturated rings. The summed E-state index contributed by atoms with van der Waals surface area (Å²) in [6.07, 6.45) is 5.96. The van der Waals surface area contributed by atoms with E-state index < -0.39 is 35.7 Å². The first kappa shape index (κ1) is 35.9. The van der Waals surface area contributed by atoms with Gasteiger partial charge in [0.25, 0.3) is 0 Å². The van der Waals surface area contributed by atoms with Crippen LogP contribution in [0.4, 0.5) is 4.79 Å². The van der Waals surface area contributed by atoms with Gasteiger partial charge in [0.2, 0.25) is 11.8 Å². The van der Waals surface area contributed by atoms with E-state index in [2.05, 4.69) is 17.6 Å². The molecule has 0 heterocycles. The summed E-state index contributed by atoms with van der Waals surface area (Å²) in [5, 5.41) is 5.46. The van der Waals surface area contributed by atoms with Crippen molar-refractivity contribution in [3.05, 3.63) is 34.9 Å². The Morgan fingerprint density at radius 2 is 1.61 bits per heavy atom. The Balaban J connectivity index is 3.55. The SMILES string of the molecule is CCCCCCCCN(C(=O)C(NC(=O)OC(C)(C)C)C(C)CC)C(C(=O)NCC(=O)OC)c1ccc(C)cc1C. The van der Waals surface area contributed by atoms with Gasteiger partial charge in [0, 0.05) is 6.54 Å². The molecule has 1 rings (SSSR count). The molecular weight excluding hydrogens is 522 g/mol. The van der Waals surface area contributed by atoms with Crippen molar-refractivity contribution < 1.29 is 28.7 Å². The van der Waals surface area contributed by atoms with Crippen LogP contribution in [-0.2, 0) is 23.9 Å². The largest absolute Gasteiger partial charge is 0.468 e. The summed E-state index contributed by atoms with van der Waals surface area (Å²) >= 11 is 0. The summed E-state index contributed by atoms with van der Waals surface area (Å²) in [7, 11) is 1.25. The number of methoxy groups -OCH3 is 1. The summed E-state index contributed by atoms with van der Waals surface area (Å²) in [5.41, 5.74) is 1.81. The van der Waals surface area contributed by atoms with E-state index >= 15 is 0 Å². The fraction of sp³-hybridized carbons (Fsp3) is 0.688. The molecule has 0 aliphatic carbocycles. The number of hydrogen-bond acceptors (Lipinski definition) is 6. The number of carbonyl (C=O) groups excluding carboxylic acids is 4. The van der Waals surface area contributed by atoms with Gasteiger partial charge >= 0.3 is 12.1 Å². The lowest BCUT2D eigenvalue weighted by Gasteiger charge is -2.36. The molecule has 2 N–H and O–H groups in total. The molecule has 9 heteroatoms. The molecule has 1 aromatic carbocycles. The molecule has 0 saturated carbocycles. The van der Waals surface area contributed by atoms with Crippen molar-refractivity contribution >= 4 is 23.9 Å². The minimum Gasteiger partial charge on any atom is -0.468 e. The molecule has 0 aliphatic heterocycles. The van der Waals surface area contributed by atoms with Gasteiger partial charge in [-0.1, -0.05) is 83.1 Å². The van der Waals surface area contributed by atoms with Gasteiger partial charge in [-0.15, -0.1) is 0 Å². The highest BCUT2D eigenvalue weighted by molar-refractivity contribution is 5.93. The molecule has 0 spiro atoms. The lowest BCUT2D eigenvalue weighted by molar-refractivity contribution is -0.145. The summed E-state index contributed by atoms with van der Waals surface area (Å²) in [5.74, 6) is -1.66. The first-order chi connectivity index (χ1) is 19.2. The number of alkyl carbamates (subject to hydrolysis) is 1. The third-order valence-corrected chi connectivity index (χ3v) is 7.10. The number of nitrogens with one attached hydrogen (secondary N) is 2. The highest BCUT2D eigenvalue weighted by atomic mass is 16.6. The van der Waals surface area contributed by atoms with E-state index in [1.54, 1.807) is 25.7 Å². The lowest BCUT2D eigenvalue weighted by Crippen LogP contribution is -2.55. The van der Waals surface area contributed by atoms with E-state index in [9.17, 15) is 19.2 Å². The van der Waals surface area contributed by atoms with Crippen LogP contribution >= 0.6 is 0 Å². The van der Waals surface area contributed by atoms with Crippen molar-refractivity contribution in [2.45, 2.75) is 118 Å². The van der Waals surface area contributed by atoms with E-state index in [1.165, 1.54) is 7.11 Å². The summed E-state index contributed by atoms with van der Waals surface area (Å²) < 4.78 is 10.2. The first-order valence-electron chi connectivity index (χ1n) is 15.0. The Bertz CT molecular complexity index is 1000. The number of carbonyl (C=O) groups is 4. The lowest BCUT2D eigenvalue weighted by atomic mass is 9.93. The van der Waals surface area contributed by atoms with Crippen LogP contribution in [0.15, 0.2) is 18.2 Å². The van der Waals surface area contributed by atoms with Crippen LogP contribution in [0.2, 0.25) is 0 Å². The molecule has 3 atom stereocenters. The average Bonchev–Trinajstić information content (AvgIpc) is 2.90. The number of amides is 3. The van der Waals surface area contributed by atoms with Crippen molar-refractivity contribution in [1.29, 1.82) is 0 Å². The fourth-order valence-corrected chi connectivity index (χ4v) is 4.64. The predicted octanol–water partition coefficient (Wildman–Crippen LogP) is 5.76. The van der Waals surface area contributed by atoms with Crippen molar-refractivity contribution in [3.63, 3.8) is 0 Å². The zero-order chi connectivity index (χ0) is 31.2. The smallest absolute Gasteiger partial charge is 0.408 e. The van der Waals surface area contributed by atoms with Crippen LogP contribution < -0.4 is 10.6 Å². The summed E-state index contributed by atoms with van der Waals surface area (Å²) in [6, 6.07) is 3.82. The molecule has 0 saturated heterocycles. The van der Waals surface area contributed by atoms with Crippen molar-refractivity contribution in [2.75, 3.05) is 20.2 Å². The number of unbranched alkanes of at least 4 members (excludes halogenated alkanes) is 5. The van der Waals surface area contributed by atoms with Crippen molar-refractivity contribution in [3.8, 4) is 0 Å². The van der Waals surface area contributed by atoms with E-state index in [4.69, 9.17) is 9.47 Å². The molecule has 3 unspecified atom stereocenters. The second-order valence-electron chi connectivity index (χ2n) is 11.9. The Hall–Kier alpha value is -3.10. The van der Waals surface area contributed by atoms with Crippen LogP contribution in [0.1, 0.15) is 109 Å². The number of esters is 1. The van der Waals surface area contributed by atoms with E-state index in [0.29, 0.717) is 24.9 Å². The van der Waals surface area contributed by atoms with Gasteiger partial charge in [-0.3, -0.25) is 14.4 Å². The zero-order valence-electron chi connectivity index (χ0n) is 26.7. The second kappa shape index (κ2) is 17.7. The van der Waals surface area contributed by atoms with E-state index in [1.807, 2.05) is 45.9 Å². The Kier molecular flexibility index (Phi) is 15.5. The standard InChI is InChI=1S/C32H53N3O6/c1-10-12-13-14-15-16-19-35(30(38)27(23(4)11-2)34-31(39)41-32(6,7)8)28(29(37)33-21-26(36)40-9)25-18-17-22(3)20-24(25)5/h17-18,20,23,27-28H,10-16,19,21H2,1-9H3,(H,33,37)(H,34,39). The molecule has 0 aromatic heterocycles. The second-order valence-corrected chi connectivity index (χ2v) is 11.9. The molecule has 9 nitrogen and oxygen atoms in total. The monoisotopic (exact) mass is 575 g/mol. The number of benzene rings is 1. The normalized spacial score (nSPS) is 13.5. The molecule has 232 valence electrons. The quantitative estimate of drug-likeness (QED) is 0.191. The summed E-state index contributed by atoms with van der Waals surface area (Å²) in [6.45, 7) is 15.2. The minimum atomic E-state index is -1.00. The van der Waals surface area contributed by atoms with Gasteiger partial charge in [0.1, 0.15) is 24.2 Å². The minimum absolute atomic E-state index is 0.222. The van der Waals surface area contributed by atoms with Crippen molar-refractivity contribution in [1.82, 2.24) is 15.5 Å². The summed E-state index contributed by atoms with van der Waals surface area (Å²) in [4.78, 5) is 54.4. The zero-order valence-corrected chi connectivity index (χ0v) is 26.7. The number of rotatable bonds is 16. The molecule has 3 amide bonds. The van der Waals surface area contributed by atoms with Gasteiger partial charge < -0.3 is 25.0 Å². The third-order valence-electron chi connectivity index (χ3n) is 7.10. The maximum Gasteiger partial charge on any atom is 0.408 e. The van der Waals surface area contributed by atoms with Crippen LogP contribution in [0.25, 0.3) is 0 Å². The van der Waals surface area contributed by atoms with E-state index in [-0.39, 0.29) is 18.4 Å². The molecular formula is C32H53N3O6. The maximum atomic E-state index is 14.4. The topological polar surface area (TPSA) is 114 Å². The Morgan fingerprint density at radius 3 is 2.17 bits per heavy atom. The van der Waals surface area contributed by atoms with Gasteiger partial charge in [-0.25, -0.2) is 4.79 Å². The van der Waals surface area contributed by atoms with Crippen LogP contribution in [0.3, 0.4) is 0 Å². The predicted molar refractivity (Wildman–Crippen MR) is 161 cm³/mol. The van der Waals surface area contributed by atoms with Crippen LogP contribution in [0.5, 0.6) is 0 Å². The van der Waals surface area contributed by atoms with Gasteiger partial charge in [0.05, 0.1) is 7.11 Å². The van der Waals surface area contributed by atoms with Gasteiger partial charge in [-0.2, -0.15) is 0 Å². The highest BCUT2D eigenvalue weighted by Gasteiger charge is 2.38. The highest BCUT2D eigenvalue weighted by Crippen LogP contribution is 2.28. The first-order valence-corrected chi connectivity index (χ1v) is 15.0. The Morgan fingerprint density at radius 1 is 0.976 bits per heavy atom. The fourth-order valence-electron chi connectivity index (χ4n) is 4.64. The van der Waals surface area contributed by atoms with Crippen molar-refractivity contribution in [2.24, 2.45) is 5.92 Å². The number of aryl methyl sites for hydroxylation is 2. The average molecular weight is 576 g/mol. The van der Waals surface area contributed by atoms with Gasteiger partial charge in [-0.05, 0) is 58.1 Å². The molecule has 1 aromatic rings.